The quantitative estimate of drug-likeness (QED) is 0.450. The highest BCUT2D eigenvalue weighted by Crippen LogP contribution is 2.32. The minimum Gasteiger partial charge on any atom is -0.462 e. The lowest BCUT2D eigenvalue weighted by Crippen LogP contribution is -2.06. The highest BCUT2D eigenvalue weighted by atomic mass is 127. The summed E-state index contributed by atoms with van der Waals surface area (Å²) in [5.41, 5.74) is 0.617. The van der Waals surface area contributed by atoms with Gasteiger partial charge in [0.1, 0.15) is 0 Å². The standard InChI is InChI=1S/C15H12BrIO2S/c1-2-19-15(18)13-9-11(17)5-8-14(13)20-12-6-3-10(16)4-7-12/h3-9H,2H2,1H3. The number of hydrogen-bond donors (Lipinski definition) is 0. The van der Waals surface area contributed by atoms with E-state index in [-0.39, 0.29) is 5.97 Å². The van der Waals surface area contributed by atoms with Gasteiger partial charge in [0.15, 0.2) is 0 Å². The fourth-order valence-corrected chi connectivity index (χ4v) is 3.26. The van der Waals surface area contributed by atoms with E-state index >= 15 is 0 Å². The van der Waals surface area contributed by atoms with Crippen molar-refractivity contribution in [3.8, 4) is 0 Å². The van der Waals surface area contributed by atoms with Gasteiger partial charge in [-0.05, 0) is 72.0 Å². The molecule has 2 nitrogen and oxygen atoms in total. The maximum atomic E-state index is 12.0. The Bertz CT molecular complexity index is 614. The molecule has 0 bridgehead atoms. The molecule has 0 saturated carbocycles. The van der Waals surface area contributed by atoms with Crippen molar-refractivity contribution in [3.05, 3.63) is 56.1 Å². The summed E-state index contributed by atoms with van der Waals surface area (Å²) >= 11 is 7.17. The van der Waals surface area contributed by atoms with Crippen molar-refractivity contribution in [1.29, 1.82) is 0 Å². The first-order chi connectivity index (χ1) is 9.60. The van der Waals surface area contributed by atoms with Crippen molar-refractivity contribution in [2.45, 2.75) is 16.7 Å². The summed E-state index contributed by atoms with van der Waals surface area (Å²) in [6.45, 7) is 2.19. The molecule has 0 atom stereocenters. The van der Waals surface area contributed by atoms with E-state index in [9.17, 15) is 4.79 Å². The molecular formula is C15H12BrIO2S. The van der Waals surface area contributed by atoms with E-state index in [0.29, 0.717) is 12.2 Å². The average molecular weight is 463 g/mol. The van der Waals surface area contributed by atoms with Crippen molar-refractivity contribution in [1.82, 2.24) is 0 Å². The fraction of sp³-hybridized carbons (Fsp3) is 0.133. The van der Waals surface area contributed by atoms with Gasteiger partial charge in [-0.25, -0.2) is 4.79 Å². The first kappa shape index (κ1) is 15.9. The number of ether oxygens (including phenoxy) is 1. The molecule has 2 aromatic rings. The average Bonchev–Trinajstić information content (AvgIpc) is 2.43. The second kappa shape index (κ2) is 7.47. The summed E-state index contributed by atoms with van der Waals surface area (Å²) < 4.78 is 7.17. The molecule has 5 heteroatoms. The minimum absolute atomic E-state index is 0.273. The van der Waals surface area contributed by atoms with Gasteiger partial charge in [-0.3, -0.25) is 0 Å². The van der Waals surface area contributed by atoms with Crippen LogP contribution in [0.5, 0.6) is 0 Å². The normalized spacial score (nSPS) is 10.3. The summed E-state index contributed by atoms with van der Waals surface area (Å²) in [5, 5.41) is 0. The molecule has 0 heterocycles. The molecule has 0 N–H and O–H groups in total. The molecule has 0 aromatic heterocycles. The molecule has 2 rings (SSSR count). The van der Waals surface area contributed by atoms with Crippen molar-refractivity contribution in [2.24, 2.45) is 0 Å². The Morgan fingerprint density at radius 2 is 1.95 bits per heavy atom. The summed E-state index contributed by atoms with van der Waals surface area (Å²) in [6, 6.07) is 13.8. The summed E-state index contributed by atoms with van der Waals surface area (Å²) in [5.74, 6) is -0.273. The minimum atomic E-state index is -0.273. The van der Waals surface area contributed by atoms with Crippen LogP contribution >= 0.6 is 50.3 Å². The Morgan fingerprint density at radius 1 is 1.25 bits per heavy atom. The second-order valence-corrected chi connectivity index (χ2v) is 7.19. The van der Waals surface area contributed by atoms with E-state index in [0.717, 1.165) is 17.8 Å². The van der Waals surface area contributed by atoms with Crippen LogP contribution in [0.15, 0.2) is 56.7 Å². The topological polar surface area (TPSA) is 26.3 Å². The highest BCUT2D eigenvalue weighted by molar-refractivity contribution is 14.1. The Labute approximate surface area is 144 Å². The number of rotatable bonds is 4. The van der Waals surface area contributed by atoms with E-state index in [1.165, 1.54) is 0 Å². The summed E-state index contributed by atoms with van der Waals surface area (Å²) in [7, 11) is 0. The third kappa shape index (κ3) is 4.23. The van der Waals surface area contributed by atoms with E-state index < -0.39 is 0 Å². The molecule has 0 unspecified atom stereocenters. The van der Waals surface area contributed by atoms with Gasteiger partial charge in [-0.2, -0.15) is 0 Å². The van der Waals surface area contributed by atoms with Crippen LogP contribution in [0.4, 0.5) is 0 Å². The number of carbonyl (C=O) groups excluding carboxylic acids is 1. The van der Waals surface area contributed by atoms with Gasteiger partial charge in [-0.15, -0.1) is 0 Å². The van der Waals surface area contributed by atoms with Gasteiger partial charge >= 0.3 is 5.97 Å². The van der Waals surface area contributed by atoms with Gasteiger partial charge in [0.25, 0.3) is 0 Å². The first-order valence-corrected chi connectivity index (χ1v) is 8.69. The third-order valence-electron chi connectivity index (χ3n) is 2.48. The van der Waals surface area contributed by atoms with E-state index in [1.807, 2.05) is 49.4 Å². The largest absolute Gasteiger partial charge is 0.462 e. The molecule has 0 aliphatic heterocycles. The zero-order valence-electron chi connectivity index (χ0n) is 10.7. The third-order valence-corrected chi connectivity index (χ3v) is 4.76. The van der Waals surface area contributed by atoms with E-state index in [2.05, 4.69) is 38.5 Å². The van der Waals surface area contributed by atoms with Crippen LogP contribution in [0.2, 0.25) is 0 Å². The molecule has 0 saturated heterocycles. The van der Waals surface area contributed by atoms with Crippen LogP contribution < -0.4 is 0 Å². The lowest BCUT2D eigenvalue weighted by molar-refractivity contribution is 0.0522. The zero-order valence-corrected chi connectivity index (χ0v) is 15.3. The van der Waals surface area contributed by atoms with Gasteiger partial charge in [-0.1, -0.05) is 27.7 Å². The first-order valence-electron chi connectivity index (χ1n) is 6.00. The SMILES string of the molecule is CCOC(=O)c1cc(I)ccc1Sc1ccc(Br)cc1. The van der Waals surface area contributed by atoms with Crippen LogP contribution in [0, 0.1) is 3.57 Å². The molecule has 2 aromatic carbocycles. The molecule has 0 fully saturated rings. The molecule has 0 amide bonds. The van der Waals surface area contributed by atoms with Gasteiger partial charge in [0, 0.05) is 17.8 Å². The Kier molecular flexibility index (Phi) is 5.92. The number of carbonyl (C=O) groups is 1. The lowest BCUT2D eigenvalue weighted by Gasteiger charge is -2.09. The van der Waals surface area contributed by atoms with Gasteiger partial charge in [0.2, 0.25) is 0 Å². The Balaban J connectivity index is 2.31. The Hall–Kier alpha value is -0.530. The van der Waals surface area contributed by atoms with Crippen molar-refractivity contribution < 1.29 is 9.53 Å². The van der Waals surface area contributed by atoms with Crippen LogP contribution in [0.1, 0.15) is 17.3 Å². The predicted molar refractivity (Wildman–Crippen MR) is 93.4 cm³/mol. The number of halogens is 2. The molecule has 104 valence electrons. The molecule has 0 spiro atoms. The van der Waals surface area contributed by atoms with Crippen LogP contribution in [0.25, 0.3) is 0 Å². The second-order valence-electron chi connectivity index (χ2n) is 3.92. The van der Waals surface area contributed by atoms with E-state index in [4.69, 9.17) is 4.74 Å². The van der Waals surface area contributed by atoms with Gasteiger partial charge in [0.05, 0.1) is 12.2 Å². The smallest absolute Gasteiger partial charge is 0.339 e. The highest BCUT2D eigenvalue weighted by Gasteiger charge is 2.14. The molecule has 20 heavy (non-hydrogen) atoms. The maximum absolute atomic E-state index is 12.0. The van der Waals surface area contributed by atoms with Crippen LogP contribution in [0.3, 0.4) is 0 Å². The van der Waals surface area contributed by atoms with Crippen molar-refractivity contribution in [2.75, 3.05) is 6.61 Å². The van der Waals surface area contributed by atoms with Crippen LogP contribution in [-0.4, -0.2) is 12.6 Å². The number of benzene rings is 2. The summed E-state index contributed by atoms with van der Waals surface area (Å²) in [6.07, 6.45) is 0. The maximum Gasteiger partial charge on any atom is 0.339 e. The zero-order chi connectivity index (χ0) is 14.5. The van der Waals surface area contributed by atoms with Crippen molar-refractivity contribution in [3.63, 3.8) is 0 Å². The predicted octanol–water partition coefficient (Wildman–Crippen LogP) is 5.38. The van der Waals surface area contributed by atoms with Gasteiger partial charge < -0.3 is 4.74 Å². The lowest BCUT2D eigenvalue weighted by atomic mass is 10.2. The fourth-order valence-electron chi connectivity index (χ4n) is 1.59. The number of esters is 1. The molecular weight excluding hydrogens is 451 g/mol. The number of hydrogen-bond acceptors (Lipinski definition) is 3. The summed E-state index contributed by atoms with van der Waals surface area (Å²) in [4.78, 5) is 14.0. The monoisotopic (exact) mass is 462 g/mol. The molecule has 0 aliphatic rings. The molecule has 0 radical (unpaired) electrons. The van der Waals surface area contributed by atoms with E-state index in [1.54, 1.807) is 11.8 Å². The van der Waals surface area contributed by atoms with Crippen molar-refractivity contribution >= 4 is 56.3 Å². The Morgan fingerprint density at radius 3 is 2.60 bits per heavy atom. The molecule has 0 aliphatic carbocycles. The van der Waals surface area contributed by atoms with Crippen LogP contribution in [-0.2, 0) is 4.74 Å².